The van der Waals surface area contributed by atoms with Crippen molar-refractivity contribution in [3.63, 3.8) is 0 Å². The smallest absolute Gasteiger partial charge is 0.268 e. The number of hydrogen-bond donors (Lipinski definition) is 2. The number of aromatic nitrogens is 3. The minimum Gasteiger partial charge on any atom is -0.357 e. The second-order valence-corrected chi connectivity index (χ2v) is 5.15. The topological polar surface area (TPSA) is 83.8 Å². The zero-order valence-electron chi connectivity index (χ0n) is 11.7. The van der Waals surface area contributed by atoms with Crippen molar-refractivity contribution < 1.29 is 9.32 Å². The Balaban J connectivity index is 1.92. The van der Waals surface area contributed by atoms with Gasteiger partial charge in [0.2, 0.25) is 5.89 Å². The van der Waals surface area contributed by atoms with E-state index < -0.39 is 6.04 Å². The van der Waals surface area contributed by atoms with Crippen LogP contribution in [0.3, 0.4) is 0 Å². The van der Waals surface area contributed by atoms with Crippen LogP contribution in [0.5, 0.6) is 0 Å². The van der Waals surface area contributed by atoms with E-state index in [0.29, 0.717) is 22.4 Å². The Bertz CT molecular complexity index is 765. The third kappa shape index (κ3) is 3.01. The summed E-state index contributed by atoms with van der Waals surface area (Å²) in [6, 6.07) is 10.0. The number of carbonyl (C=O) groups is 1. The van der Waals surface area contributed by atoms with E-state index in [1.807, 2.05) is 12.1 Å². The number of amides is 1. The number of aryl methyl sites for hydroxylation is 1. The van der Waals surface area contributed by atoms with Crippen molar-refractivity contribution in [2.45, 2.75) is 13.0 Å². The Labute approximate surface area is 131 Å². The molecule has 0 spiro atoms. The van der Waals surface area contributed by atoms with Crippen LogP contribution in [0.25, 0.3) is 0 Å². The molecule has 22 heavy (non-hydrogen) atoms. The summed E-state index contributed by atoms with van der Waals surface area (Å²) in [4.78, 5) is 19.4. The Hall–Kier alpha value is -2.60. The summed E-state index contributed by atoms with van der Waals surface area (Å²) >= 11 is 5.91. The number of nitrogens with one attached hydrogen (secondary N) is 2. The number of nitrogens with zero attached hydrogens (tertiary/aromatic N) is 2. The molecule has 0 aliphatic rings. The summed E-state index contributed by atoms with van der Waals surface area (Å²) in [6.07, 6.45) is 1.69. The fourth-order valence-electron chi connectivity index (χ4n) is 2.06. The first-order valence-corrected chi connectivity index (χ1v) is 7.01. The Morgan fingerprint density at radius 1 is 1.32 bits per heavy atom. The molecule has 0 unspecified atom stereocenters. The first-order valence-electron chi connectivity index (χ1n) is 6.63. The standard InChI is InChI=1S/C15H13ClN4O2/c1-9-18-14(20-22-9)13(10-4-6-11(16)7-5-10)19-15(21)12-3-2-8-17-12/h2-8,13,17H,1H3,(H,19,21)/t13-/m0/s1. The van der Waals surface area contributed by atoms with Crippen LogP contribution < -0.4 is 5.32 Å². The van der Waals surface area contributed by atoms with Gasteiger partial charge < -0.3 is 14.8 Å². The monoisotopic (exact) mass is 316 g/mol. The van der Waals surface area contributed by atoms with Gasteiger partial charge in [-0.3, -0.25) is 4.79 Å². The molecule has 0 aliphatic carbocycles. The molecule has 1 atom stereocenters. The lowest BCUT2D eigenvalue weighted by atomic mass is 10.1. The van der Waals surface area contributed by atoms with Crippen molar-refractivity contribution >= 4 is 17.5 Å². The fraction of sp³-hybridized carbons (Fsp3) is 0.133. The number of hydrogen-bond acceptors (Lipinski definition) is 4. The number of rotatable bonds is 4. The molecule has 6 nitrogen and oxygen atoms in total. The van der Waals surface area contributed by atoms with E-state index >= 15 is 0 Å². The Morgan fingerprint density at radius 2 is 2.09 bits per heavy atom. The molecule has 3 aromatic rings. The molecule has 112 valence electrons. The molecule has 2 aromatic heterocycles. The molecule has 3 rings (SSSR count). The summed E-state index contributed by atoms with van der Waals surface area (Å²) in [7, 11) is 0. The van der Waals surface area contributed by atoms with Gasteiger partial charge in [0.1, 0.15) is 11.7 Å². The highest BCUT2D eigenvalue weighted by Gasteiger charge is 2.22. The highest BCUT2D eigenvalue weighted by molar-refractivity contribution is 6.30. The van der Waals surface area contributed by atoms with E-state index in [2.05, 4.69) is 20.4 Å². The van der Waals surface area contributed by atoms with Crippen molar-refractivity contribution in [3.05, 3.63) is 70.6 Å². The molecule has 0 radical (unpaired) electrons. The predicted molar refractivity (Wildman–Crippen MR) is 80.6 cm³/mol. The lowest BCUT2D eigenvalue weighted by molar-refractivity contribution is 0.0937. The van der Waals surface area contributed by atoms with Crippen LogP contribution in [-0.2, 0) is 0 Å². The van der Waals surface area contributed by atoms with Crippen LogP contribution in [0.4, 0.5) is 0 Å². The van der Waals surface area contributed by atoms with Gasteiger partial charge in [-0.05, 0) is 29.8 Å². The van der Waals surface area contributed by atoms with Crippen LogP contribution in [0.1, 0.15) is 33.8 Å². The maximum atomic E-state index is 12.3. The molecule has 7 heteroatoms. The van der Waals surface area contributed by atoms with Crippen molar-refractivity contribution in [3.8, 4) is 0 Å². The van der Waals surface area contributed by atoms with Crippen molar-refractivity contribution in [2.75, 3.05) is 0 Å². The van der Waals surface area contributed by atoms with Gasteiger partial charge in [-0.25, -0.2) is 0 Å². The zero-order valence-corrected chi connectivity index (χ0v) is 12.5. The SMILES string of the molecule is Cc1nc([C@@H](NC(=O)c2ccc[nH]2)c2ccc(Cl)cc2)no1. The van der Waals surface area contributed by atoms with Gasteiger partial charge in [0.05, 0.1) is 0 Å². The van der Waals surface area contributed by atoms with Crippen molar-refractivity contribution in [1.82, 2.24) is 20.4 Å². The third-order valence-corrected chi connectivity index (χ3v) is 3.37. The fourth-order valence-corrected chi connectivity index (χ4v) is 2.19. The van der Waals surface area contributed by atoms with E-state index in [1.165, 1.54) is 0 Å². The summed E-state index contributed by atoms with van der Waals surface area (Å²) in [5, 5.41) is 7.41. The molecule has 0 aliphatic heterocycles. The average molecular weight is 317 g/mol. The lowest BCUT2D eigenvalue weighted by Gasteiger charge is -2.15. The molecular weight excluding hydrogens is 304 g/mol. The van der Waals surface area contributed by atoms with E-state index in [-0.39, 0.29) is 5.91 Å². The maximum absolute atomic E-state index is 12.3. The largest absolute Gasteiger partial charge is 0.357 e. The quantitative estimate of drug-likeness (QED) is 0.775. The van der Waals surface area contributed by atoms with E-state index in [1.54, 1.807) is 37.4 Å². The minimum atomic E-state index is -0.523. The zero-order chi connectivity index (χ0) is 15.5. The van der Waals surface area contributed by atoms with Gasteiger partial charge in [0, 0.05) is 18.1 Å². The molecule has 0 fully saturated rings. The first kappa shape index (κ1) is 14.3. The van der Waals surface area contributed by atoms with E-state index in [4.69, 9.17) is 16.1 Å². The summed E-state index contributed by atoms with van der Waals surface area (Å²) in [6.45, 7) is 1.70. The average Bonchev–Trinajstić information content (AvgIpc) is 3.17. The summed E-state index contributed by atoms with van der Waals surface area (Å²) in [5.41, 5.74) is 1.27. The van der Waals surface area contributed by atoms with Gasteiger partial charge in [0.25, 0.3) is 5.91 Å². The van der Waals surface area contributed by atoms with Crippen LogP contribution in [0.2, 0.25) is 5.02 Å². The molecule has 2 N–H and O–H groups in total. The Kier molecular flexibility index (Phi) is 3.93. The number of carbonyl (C=O) groups excluding carboxylic acids is 1. The van der Waals surface area contributed by atoms with Crippen LogP contribution in [0.15, 0.2) is 47.1 Å². The predicted octanol–water partition coefficient (Wildman–Crippen LogP) is 2.88. The number of H-pyrrole nitrogens is 1. The van der Waals surface area contributed by atoms with Gasteiger partial charge in [-0.1, -0.05) is 28.9 Å². The second kappa shape index (κ2) is 6.03. The highest BCUT2D eigenvalue weighted by atomic mass is 35.5. The van der Waals surface area contributed by atoms with Crippen molar-refractivity contribution in [2.24, 2.45) is 0 Å². The molecule has 0 saturated heterocycles. The van der Waals surface area contributed by atoms with E-state index in [0.717, 1.165) is 5.56 Å². The number of halogens is 1. The highest BCUT2D eigenvalue weighted by Crippen LogP contribution is 2.22. The molecule has 1 amide bonds. The van der Waals surface area contributed by atoms with E-state index in [9.17, 15) is 4.79 Å². The van der Waals surface area contributed by atoms with Gasteiger partial charge >= 0.3 is 0 Å². The molecule has 2 heterocycles. The summed E-state index contributed by atoms with van der Waals surface area (Å²) < 4.78 is 5.02. The minimum absolute atomic E-state index is 0.257. The van der Waals surface area contributed by atoms with Crippen LogP contribution in [0, 0.1) is 6.92 Å². The maximum Gasteiger partial charge on any atom is 0.268 e. The van der Waals surface area contributed by atoms with Gasteiger partial charge in [-0.15, -0.1) is 0 Å². The lowest BCUT2D eigenvalue weighted by Crippen LogP contribution is -2.30. The van der Waals surface area contributed by atoms with Gasteiger partial charge in [-0.2, -0.15) is 4.98 Å². The second-order valence-electron chi connectivity index (χ2n) is 4.71. The molecular formula is C15H13ClN4O2. The van der Waals surface area contributed by atoms with Crippen molar-refractivity contribution in [1.29, 1.82) is 0 Å². The van der Waals surface area contributed by atoms with Crippen LogP contribution in [-0.4, -0.2) is 21.0 Å². The molecule has 0 saturated carbocycles. The normalized spacial score (nSPS) is 12.1. The molecule has 1 aromatic carbocycles. The van der Waals surface area contributed by atoms with Gasteiger partial charge in [0.15, 0.2) is 5.82 Å². The summed E-state index contributed by atoms with van der Waals surface area (Å²) in [5.74, 6) is 0.565. The Morgan fingerprint density at radius 3 is 2.68 bits per heavy atom. The van der Waals surface area contributed by atoms with Crippen LogP contribution >= 0.6 is 11.6 Å². The third-order valence-electron chi connectivity index (χ3n) is 3.12. The number of aromatic amines is 1. The first-order chi connectivity index (χ1) is 10.6. The number of benzene rings is 1. The molecule has 0 bridgehead atoms.